The highest BCUT2D eigenvalue weighted by molar-refractivity contribution is 6.32. The molecule has 1 aliphatic carbocycles. The molecule has 0 fully saturated rings. The van der Waals surface area contributed by atoms with Crippen LogP contribution in [-0.4, -0.2) is 21.5 Å². The van der Waals surface area contributed by atoms with Crippen molar-refractivity contribution in [1.29, 1.82) is 5.26 Å². The highest BCUT2D eigenvalue weighted by atomic mass is 35.5. The van der Waals surface area contributed by atoms with Gasteiger partial charge in [-0.15, -0.1) is 0 Å². The standard InChI is InChI=1S/C26H17ClN4O2/c27-21-12-6-7-13-22(21)31-24-18-11-5-4-8-16(18)14-19(24)23(30-31)25(32)20(15-28)26(33)29-17-9-2-1-3-10-17/h1-13,20H,14H2,(H,29,33). The van der Waals surface area contributed by atoms with E-state index in [1.165, 1.54) is 0 Å². The van der Waals surface area contributed by atoms with Crippen LogP contribution in [0.15, 0.2) is 78.9 Å². The second-order valence-electron chi connectivity index (χ2n) is 7.65. The number of aromatic nitrogens is 2. The first kappa shape index (κ1) is 20.7. The van der Waals surface area contributed by atoms with E-state index in [-0.39, 0.29) is 5.69 Å². The van der Waals surface area contributed by atoms with Gasteiger partial charge < -0.3 is 5.32 Å². The number of carbonyl (C=O) groups is 2. The van der Waals surface area contributed by atoms with Gasteiger partial charge in [0.2, 0.25) is 11.7 Å². The number of nitrogens with zero attached hydrogens (tertiary/aromatic N) is 3. The minimum Gasteiger partial charge on any atom is -0.325 e. The quantitative estimate of drug-likeness (QED) is 0.298. The lowest BCUT2D eigenvalue weighted by Crippen LogP contribution is -2.29. The minimum absolute atomic E-state index is 0.107. The number of ketones is 1. The summed E-state index contributed by atoms with van der Waals surface area (Å²) in [6, 6.07) is 25.6. The Morgan fingerprint density at radius 3 is 2.45 bits per heavy atom. The van der Waals surface area contributed by atoms with Crippen molar-refractivity contribution in [3.05, 3.63) is 101 Å². The number of anilines is 1. The van der Waals surface area contributed by atoms with E-state index in [2.05, 4.69) is 10.4 Å². The number of nitriles is 1. The number of halogens is 1. The van der Waals surface area contributed by atoms with Crippen LogP contribution in [0.4, 0.5) is 5.69 Å². The second-order valence-corrected chi connectivity index (χ2v) is 8.06. The van der Waals surface area contributed by atoms with E-state index in [0.29, 0.717) is 28.4 Å². The molecule has 0 aliphatic heterocycles. The van der Waals surface area contributed by atoms with Gasteiger partial charge in [0.25, 0.3) is 0 Å². The van der Waals surface area contributed by atoms with Gasteiger partial charge in [0.15, 0.2) is 5.92 Å². The van der Waals surface area contributed by atoms with Gasteiger partial charge >= 0.3 is 0 Å². The molecule has 160 valence electrons. The molecule has 0 saturated heterocycles. The number of amides is 1. The Morgan fingerprint density at radius 2 is 1.70 bits per heavy atom. The molecule has 6 nitrogen and oxygen atoms in total. The monoisotopic (exact) mass is 452 g/mol. The molecule has 1 atom stereocenters. The van der Waals surface area contributed by atoms with Crippen molar-refractivity contribution in [2.24, 2.45) is 5.92 Å². The molecule has 33 heavy (non-hydrogen) atoms. The van der Waals surface area contributed by atoms with E-state index in [9.17, 15) is 14.9 Å². The van der Waals surface area contributed by atoms with Gasteiger partial charge in [0.05, 0.1) is 22.5 Å². The van der Waals surface area contributed by atoms with Gasteiger partial charge in [-0.05, 0) is 29.8 Å². The zero-order valence-corrected chi connectivity index (χ0v) is 18.1. The maximum atomic E-state index is 13.5. The van der Waals surface area contributed by atoms with Crippen LogP contribution in [0.3, 0.4) is 0 Å². The largest absolute Gasteiger partial charge is 0.325 e. The summed E-state index contributed by atoms with van der Waals surface area (Å²) < 4.78 is 1.64. The summed E-state index contributed by atoms with van der Waals surface area (Å²) in [5, 5.41) is 17.4. The number of Topliss-reactive ketones (excluding diaryl/α,β-unsaturated/α-hetero) is 1. The van der Waals surface area contributed by atoms with Gasteiger partial charge in [-0.3, -0.25) is 9.59 Å². The SMILES string of the molecule is N#CC(C(=O)Nc1ccccc1)C(=O)c1nn(-c2ccccc2Cl)c2c1Cc1ccccc1-2. The molecular formula is C26H17ClN4O2. The number of hydrogen-bond acceptors (Lipinski definition) is 4. The zero-order valence-electron chi connectivity index (χ0n) is 17.3. The number of benzene rings is 3. The molecule has 0 radical (unpaired) electrons. The molecule has 0 saturated carbocycles. The summed E-state index contributed by atoms with van der Waals surface area (Å²) >= 11 is 6.44. The van der Waals surface area contributed by atoms with Crippen LogP contribution >= 0.6 is 11.6 Å². The third kappa shape index (κ3) is 3.59. The highest BCUT2D eigenvalue weighted by Gasteiger charge is 2.36. The molecular weight excluding hydrogens is 436 g/mol. The van der Waals surface area contributed by atoms with E-state index in [0.717, 1.165) is 16.8 Å². The van der Waals surface area contributed by atoms with Crippen molar-refractivity contribution in [3.63, 3.8) is 0 Å². The fourth-order valence-electron chi connectivity index (χ4n) is 4.10. The Kier molecular flexibility index (Phi) is 5.25. The van der Waals surface area contributed by atoms with Gasteiger partial charge in [-0.25, -0.2) is 4.68 Å². The highest BCUT2D eigenvalue weighted by Crippen LogP contribution is 2.41. The molecule has 5 rings (SSSR count). The van der Waals surface area contributed by atoms with Gasteiger partial charge in [0, 0.05) is 23.2 Å². The summed E-state index contributed by atoms with van der Waals surface area (Å²) in [6.07, 6.45) is 0.482. The van der Waals surface area contributed by atoms with Gasteiger partial charge in [-0.2, -0.15) is 10.4 Å². The summed E-state index contributed by atoms with van der Waals surface area (Å²) in [7, 11) is 0. The average molecular weight is 453 g/mol. The average Bonchev–Trinajstić information content (AvgIpc) is 3.38. The number of hydrogen-bond donors (Lipinski definition) is 1. The van der Waals surface area contributed by atoms with E-state index in [4.69, 9.17) is 11.6 Å². The molecule has 0 spiro atoms. The van der Waals surface area contributed by atoms with Crippen LogP contribution in [0.2, 0.25) is 5.02 Å². The predicted molar refractivity (Wildman–Crippen MR) is 125 cm³/mol. The van der Waals surface area contributed by atoms with E-state index in [1.54, 1.807) is 35.0 Å². The zero-order chi connectivity index (χ0) is 22.9. The van der Waals surface area contributed by atoms with E-state index < -0.39 is 17.6 Å². The molecule has 1 amide bonds. The van der Waals surface area contributed by atoms with E-state index in [1.807, 2.05) is 54.6 Å². The summed E-state index contributed by atoms with van der Waals surface area (Å²) in [5.74, 6) is -2.86. The fourth-order valence-corrected chi connectivity index (χ4v) is 4.31. The fraction of sp³-hybridized carbons (Fsp3) is 0.0769. The summed E-state index contributed by atoms with van der Waals surface area (Å²) in [4.78, 5) is 26.3. The number of para-hydroxylation sites is 2. The summed E-state index contributed by atoms with van der Waals surface area (Å²) in [5.41, 5.74) is 4.67. The first-order valence-electron chi connectivity index (χ1n) is 10.3. The lowest BCUT2D eigenvalue weighted by molar-refractivity contribution is -0.117. The number of carbonyl (C=O) groups excluding carboxylic acids is 2. The van der Waals surface area contributed by atoms with Crippen molar-refractivity contribution < 1.29 is 9.59 Å². The molecule has 0 bridgehead atoms. The molecule has 1 N–H and O–H groups in total. The Labute approximate surface area is 195 Å². The summed E-state index contributed by atoms with van der Waals surface area (Å²) in [6.45, 7) is 0. The maximum absolute atomic E-state index is 13.5. The van der Waals surface area contributed by atoms with Crippen LogP contribution in [0.5, 0.6) is 0 Å². The Bertz CT molecular complexity index is 1440. The minimum atomic E-state index is -1.53. The molecule has 3 aromatic carbocycles. The topological polar surface area (TPSA) is 87.8 Å². The first-order valence-corrected chi connectivity index (χ1v) is 10.7. The molecule has 4 aromatic rings. The molecule has 1 aliphatic rings. The van der Waals surface area contributed by atoms with Crippen molar-refractivity contribution in [2.75, 3.05) is 5.32 Å². The van der Waals surface area contributed by atoms with Crippen LogP contribution < -0.4 is 5.32 Å². The second kappa shape index (κ2) is 8.38. The lowest BCUT2D eigenvalue weighted by Gasteiger charge is -2.10. The lowest BCUT2D eigenvalue weighted by atomic mass is 9.98. The van der Waals surface area contributed by atoms with Gasteiger partial charge in [0.1, 0.15) is 5.69 Å². The van der Waals surface area contributed by atoms with Crippen molar-refractivity contribution in [1.82, 2.24) is 9.78 Å². The number of rotatable bonds is 5. The van der Waals surface area contributed by atoms with Crippen LogP contribution in [0, 0.1) is 17.2 Å². The predicted octanol–water partition coefficient (Wildman–Crippen LogP) is 5.06. The molecule has 7 heteroatoms. The van der Waals surface area contributed by atoms with Crippen LogP contribution in [0.1, 0.15) is 21.6 Å². The van der Waals surface area contributed by atoms with Crippen molar-refractivity contribution in [3.8, 4) is 23.0 Å². The molecule has 1 heterocycles. The Morgan fingerprint density at radius 1 is 1.00 bits per heavy atom. The van der Waals surface area contributed by atoms with Crippen LogP contribution in [0.25, 0.3) is 16.9 Å². The van der Waals surface area contributed by atoms with Crippen molar-refractivity contribution >= 4 is 29.0 Å². The van der Waals surface area contributed by atoms with Crippen LogP contribution in [-0.2, 0) is 11.2 Å². The Balaban J connectivity index is 1.59. The normalized spacial score (nSPS) is 12.4. The number of nitrogens with one attached hydrogen (secondary N) is 1. The van der Waals surface area contributed by atoms with E-state index >= 15 is 0 Å². The van der Waals surface area contributed by atoms with Gasteiger partial charge in [-0.1, -0.05) is 66.2 Å². The number of fused-ring (bicyclic) bond motifs is 3. The molecule has 1 unspecified atom stereocenters. The molecule has 1 aromatic heterocycles. The third-order valence-electron chi connectivity index (χ3n) is 5.63. The Hall–Kier alpha value is -4.21. The third-order valence-corrected chi connectivity index (χ3v) is 5.95. The van der Waals surface area contributed by atoms with Crippen molar-refractivity contribution in [2.45, 2.75) is 6.42 Å². The smallest absolute Gasteiger partial charge is 0.249 e. The maximum Gasteiger partial charge on any atom is 0.249 e. The first-order chi connectivity index (χ1) is 16.1.